The fourth-order valence-corrected chi connectivity index (χ4v) is 3.37. The van der Waals surface area contributed by atoms with E-state index in [1.165, 1.54) is 0 Å². The lowest BCUT2D eigenvalue weighted by Gasteiger charge is -2.14. The Kier molecular flexibility index (Phi) is 17.6. The van der Waals surface area contributed by atoms with Gasteiger partial charge in [-0.3, -0.25) is 19.2 Å². The van der Waals surface area contributed by atoms with E-state index in [1.807, 2.05) is 6.92 Å². The van der Waals surface area contributed by atoms with Gasteiger partial charge in [0.25, 0.3) is 0 Å². The Hall–Kier alpha value is -1.96. The SMILES string of the molecule is C[C@H](CCCCNC(=O)CCCCCCCCCCC(=O)O)C(=O)C[C@@H](CO)C(N)=O.[HH].[HH]. The number of Topliss-reactive ketones (excluding diaryl/α,β-unsaturated/α-hetero) is 1. The Morgan fingerprint density at radius 1 is 0.871 bits per heavy atom. The van der Waals surface area contributed by atoms with Crippen molar-refractivity contribution in [3.63, 3.8) is 0 Å². The number of carboxylic acids is 1. The number of aliphatic hydroxyl groups excluding tert-OH is 1. The molecular weight excluding hydrogens is 400 g/mol. The summed E-state index contributed by atoms with van der Waals surface area (Å²) in [7, 11) is 0. The van der Waals surface area contributed by atoms with Crippen LogP contribution in [0.2, 0.25) is 0 Å². The minimum atomic E-state index is -0.807. The smallest absolute Gasteiger partial charge is 0.303 e. The van der Waals surface area contributed by atoms with Crippen LogP contribution in [0.1, 0.15) is 99.7 Å². The third-order valence-electron chi connectivity index (χ3n) is 5.55. The first-order valence-electron chi connectivity index (χ1n) is 11.7. The second kappa shape index (κ2) is 18.8. The summed E-state index contributed by atoms with van der Waals surface area (Å²) in [6.45, 7) is 2.00. The van der Waals surface area contributed by atoms with Gasteiger partial charge >= 0.3 is 5.97 Å². The van der Waals surface area contributed by atoms with E-state index in [-0.39, 0.29) is 33.3 Å². The maximum absolute atomic E-state index is 12.1. The first kappa shape index (κ1) is 29.0. The number of carbonyl (C=O) groups excluding carboxylic acids is 3. The highest BCUT2D eigenvalue weighted by Gasteiger charge is 2.21. The summed E-state index contributed by atoms with van der Waals surface area (Å²) in [6, 6.07) is 0. The van der Waals surface area contributed by atoms with E-state index in [4.69, 9.17) is 15.9 Å². The van der Waals surface area contributed by atoms with Crippen molar-refractivity contribution in [3.05, 3.63) is 0 Å². The number of hydrogen-bond acceptors (Lipinski definition) is 5. The number of carboxylic acid groups (broad SMARTS) is 1. The Bertz CT molecular complexity index is 549. The van der Waals surface area contributed by atoms with Crippen LogP contribution < -0.4 is 11.1 Å². The summed E-state index contributed by atoms with van der Waals surface area (Å²) in [5.41, 5.74) is 5.15. The average Bonchev–Trinajstić information content (AvgIpc) is 2.72. The van der Waals surface area contributed by atoms with Gasteiger partial charge in [-0.05, 0) is 25.7 Å². The maximum atomic E-state index is 12.1. The lowest BCUT2D eigenvalue weighted by Crippen LogP contribution is -2.30. The van der Waals surface area contributed by atoms with Crippen molar-refractivity contribution < 1.29 is 32.2 Å². The van der Waals surface area contributed by atoms with Gasteiger partial charge < -0.3 is 21.3 Å². The van der Waals surface area contributed by atoms with Crippen LogP contribution in [0.5, 0.6) is 0 Å². The van der Waals surface area contributed by atoms with Gasteiger partial charge in [0.2, 0.25) is 11.8 Å². The van der Waals surface area contributed by atoms with E-state index in [0.717, 1.165) is 64.2 Å². The molecule has 0 aliphatic heterocycles. The lowest BCUT2D eigenvalue weighted by molar-refractivity contribution is -0.137. The van der Waals surface area contributed by atoms with Crippen molar-refractivity contribution in [2.75, 3.05) is 13.2 Å². The van der Waals surface area contributed by atoms with Crippen molar-refractivity contribution in [1.29, 1.82) is 0 Å². The van der Waals surface area contributed by atoms with Crippen LogP contribution in [0, 0.1) is 11.8 Å². The number of aliphatic hydroxyl groups is 1. The number of nitrogens with one attached hydrogen (secondary N) is 1. The maximum Gasteiger partial charge on any atom is 0.303 e. The number of nitrogens with two attached hydrogens (primary N) is 1. The van der Waals surface area contributed by atoms with Crippen molar-refractivity contribution in [2.24, 2.45) is 17.6 Å². The van der Waals surface area contributed by atoms with Gasteiger partial charge in [0.15, 0.2) is 0 Å². The minimum Gasteiger partial charge on any atom is -0.481 e. The van der Waals surface area contributed by atoms with Crippen LogP contribution in [-0.4, -0.2) is 46.9 Å². The highest BCUT2D eigenvalue weighted by Crippen LogP contribution is 2.14. The first-order valence-corrected chi connectivity index (χ1v) is 11.7. The molecule has 0 aromatic carbocycles. The van der Waals surface area contributed by atoms with Crippen LogP contribution in [0.15, 0.2) is 0 Å². The summed E-state index contributed by atoms with van der Waals surface area (Å²) in [5, 5.41) is 20.5. The van der Waals surface area contributed by atoms with Gasteiger partial charge in [-0.2, -0.15) is 0 Å². The molecule has 184 valence electrons. The monoisotopic (exact) mass is 446 g/mol. The largest absolute Gasteiger partial charge is 0.481 e. The van der Waals surface area contributed by atoms with E-state index >= 15 is 0 Å². The van der Waals surface area contributed by atoms with Crippen molar-refractivity contribution >= 4 is 23.6 Å². The van der Waals surface area contributed by atoms with Gasteiger partial charge in [-0.1, -0.05) is 51.9 Å². The van der Waals surface area contributed by atoms with Gasteiger partial charge in [-0.15, -0.1) is 0 Å². The molecule has 0 heterocycles. The molecule has 0 aromatic heterocycles. The molecule has 2 amide bonds. The number of carbonyl (C=O) groups is 4. The van der Waals surface area contributed by atoms with Crippen LogP contribution in [-0.2, 0) is 19.2 Å². The predicted molar refractivity (Wildman–Crippen MR) is 123 cm³/mol. The molecule has 0 aliphatic carbocycles. The normalized spacial score (nSPS) is 12.8. The summed E-state index contributed by atoms with van der Waals surface area (Å²) in [6.07, 6.45) is 11.1. The number of aliphatic carboxylic acids is 1. The molecule has 2 atom stereocenters. The number of amides is 2. The quantitative estimate of drug-likeness (QED) is 0.199. The Morgan fingerprint density at radius 2 is 1.42 bits per heavy atom. The van der Waals surface area contributed by atoms with Crippen LogP contribution in [0.25, 0.3) is 0 Å². The second-order valence-electron chi connectivity index (χ2n) is 8.42. The fourth-order valence-electron chi connectivity index (χ4n) is 3.37. The van der Waals surface area contributed by atoms with Gasteiger partial charge in [-0.25, -0.2) is 0 Å². The van der Waals surface area contributed by atoms with Crippen molar-refractivity contribution in [1.82, 2.24) is 5.32 Å². The third kappa shape index (κ3) is 17.4. The van der Waals surface area contributed by atoms with Gasteiger partial charge in [0, 0.05) is 34.6 Å². The molecule has 0 saturated heterocycles. The van der Waals surface area contributed by atoms with Crippen molar-refractivity contribution in [2.45, 2.75) is 96.8 Å². The lowest BCUT2D eigenvalue weighted by atomic mass is 9.92. The molecule has 0 fully saturated rings. The molecule has 0 spiro atoms. The number of hydrogen-bond donors (Lipinski definition) is 4. The molecular formula is C23H46N2O6. The molecule has 0 bridgehead atoms. The fraction of sp³-hybridized carbons (Fsp3) is 0.826. The van der Waals surface area contributed by atoms with E-state index in [9.17, 15) is 19.2 Å². The van der Waals surface area contributed by atoms with E-state index in [2.05, 4.69) is 5.32 Å². The number of rotatable bonds is 21. The molecule has 0 unspecified atom stereocenters. The zero-order valence-electron chi connectivity index (χ0n) is 19.1. The number of unbranched alkanes of at least 4 members (excludes halogenated alkanes) is 8. The molecule has 8 nitrogen and oxygen atoms in total. The Labute approximate surface area is 189 Å². The zero-order valence-corrected chi connectivity index (χ0v) is 19.1. The summed E-state index contributed by atoms with van der Waals surface area (Å²) < 4.78 is 0. The van der Waals surface area contributed by atoms with E-state index < -0.39 is 24.4 Å². The summed E-state index contributed by atoms with van der Waals surface area (Å²) in [5.74, 6) is -2.39. The molecule has 31 heavy (non-hydrogen) atoms. The Balaban J connectivity index is -0.00000450. The molecule has 0 rings (SSSR count). The first-order chi connectivity index (χ1) is 14.8. The summed E-state index contributed by atoms with van der Waals surface area (Å²) >= 11 is 0. The highest BCUT2D eigenvalue weighted by atomic mass is 16.4. The highest BCUT2D eigenvalue weighted by molar-refractivity contribution is 5.87. The molecule has 0 aliphatic rings. The molecule has 8 heteroatoms. The molecule has 0 aromatic rings. The van der Waals surface area contributed by atoms with Gasteiger partial charge in [0.05, 0.1) is 12.5 Å². The molecule has 0 radical (unpaired) electrons. The molecule has 5 N–H and O–H groups in total. The van der Waals surface area contributed by atoms with E-state index in [1.54, 1.807) is 0 Å². The molecule has 0 saturated carbocycles. The second-order valence-corrected chi connectivity index (χ2v) is 8.42. The average molecular weight is 447 g/mol. The topological polar surface area (TPSA) is 147 Å². The predicted octanol–water partition coefficient (Wildman–Crippen LogP) is 3.44. The van der Waals surface area contributed by atoms with Crippen LogP contribution in [0.4, 0.5) is 0 Å². The van der Waals surface area contributed by atoms with Crippen LogP contribution >= 0.6 is 0 Å². The number of ketones is 1. The summed E-state index contributed by atoms with van der Waals surface area (Å²) in [4.78, 5) is 45.4. The zero-order chi connectivity index (χ0) is 23.5. The Morgan fingerprint density at radius 3 is 1.94 bits per heavy atom. The van der Waals surface area contributed by atoms with Gasteiger partial charge in [0.1, 0.15) is 5.78 Å². The van der Waals surface area contributed by atoms with E-state index in [0.29, 0.717) is 19.4 Å². The third-order valence-corrected chi connectivity index (χ3v) is 5.55. The van der Waals surface area contributed by atoms with Crippen molar-refractivity contribution in [3.8, 4) is 0 Å². The number of primary amides is 1. The minimum absolute atomic E-state index is 0. The van der Waals surface area contributed by atoms with Crippen LogP contribution in [0.3, 0.4) is 0 Å². The standard InChI is InChI=1S/C23H42N2O6.2H2/c1-18(20(27)16-19(17-26)23(24)31)12-10-11-15-25-21(28)13-8-6-4-2-3-5-7-9-14-22(29)30;;/h18-19,26H,2-17H2,1H3,(H2,24,31)(H,25,28)(H,29,30);2*1H/t18-,19+;;/m1../s1.